The molecule has 1 aliphatic rings. The summed E-state index contributed by atoms with van der Waals surface area (Å²) >= 11 is 0. The van der Waals surface area contributed by atoms with Gasteiger partial charge < -0.3 is 15.7 Å². The van der Waals surface area contributed by atoms with Gasteiger partial charge in [0.25, 0.3) is 0 Å². The van der Waals surface area contributed by atoms with Crippen LogP contribution in [0.5, 0.6) is 0 Å². The van der Waals surface area contributed by atoms with Crippen LogP contribution in [-0.2, 0) is 17.9 Å². The van der Waals surface area contributed by atoms with Gasteiger partial charge in [0, 0.05) is 19.6 Å². The van der Waals surface area contributed by atoms with Gasteiger partial charge in [-0.1, -0.05) is 12.1 Å². The predicted octanol–water partition coefficient (Wildman–Crippen LogP) is -0.306. The summed E-state index contributed by atoms with van der Waals surface area (Å²) in [4.78, 5) is 25.0. The molecule has 8 nitrogen and oxygen atoms in total. The topological polar surface area (TPSA) is 114 Å². The van der Waals surface area contributed by atoms with Crippen molar-refractivity contribution in [1.29, 1.82) is 0 Å². The van der Waals surface area contributed by atoms with E-state index in [1.807, 2.05) is 0 Å². The summed E-state index contributed by atoms with van der Waals surface area (Å²) in [7, 11) is 0. The maximum atomic E-state index is 12.2. The number of nitrogens with two attached hydrogens (primary N) is 1. The molecule has 3 N–H and O–H groups in total. The van der Waals surface area contributed by atoms with Gasteiger partial charge in [0.2, 0.25) is 5.91 Å². The fourth-order valence-electron chi connectivity index (χ4n) is 2.47. The van der Waals surface area contributed by atoms with Crippen molar-refractivity contribution in [2.45, 2.75) is 32.9 Å². The maximum absolute atomic E-state index is 12.2. The fourth-order valence-corrected chi connectivity index (χ4v) is 2.47. The Balaban J connectivity index is 2.09. The van der Waals surface area contributed by atoms with Gasteiger partial charge in [-0.25, -0.2) is 9.48 Å². The highest BCUT2D eigenvalue weighted by Crippen LogP contribution is 2.16. The van der Waals surface area contributed by atoms with E-state index in [-0.39, 0.29) is 30.4 Å². The third-order valence-electron chi connectivity index (χ3n) is 3.53. The molecule has 0 aromatic carbocycles. The second kappa shape index (κ2) is 6.00. The molecule has 1 atom stereocenters. The van der Waals surface area contributed by atoms with Crippen LogP contribution in [0.1, 0.15) is 35.9 Å². The molecule has 110 valence electrons. The molecule has 1 aromatic heterocycles. The zero-order valence-electron chi connectivity index (χ0n) is 11.4. The first-order valence-electron chi connectivity index (χ1n) is 6.66. The number of carbonyl (C=O) groups excluding carboxylic acids is 1. The van der Waals surface area contributed by atoms with E-state index in [4.69, 9.17) is 10.8 Å². The number of rotatable bonds is 4. The van der Waals surface area contributed by atoms with Crippen LogP contribution in [0, 0.1) is 5.92 Å². The summed E-state index contributed by atoms with van der Waals surface area (Å²) in [5.41, 5.74) is 5.61. The van der Waals surface area contributed by atoms with Gasteiger partial charge in [-0.3, -0.25) is 4.79 Å². The smallest absolute Gasteiger partial charge is 0.358 e. The number of aromatic nitrogens is 3. The van der Waals surface area contributed by atoms with Crippen LogP contribution in [0.4, 0.5) is 0 Å². The van der Waals surface area contributed by atoms with Crippen LogP contribution in [-0.4, -0.2) is 50.0 Å². The molecule has 2 heterocycles. The van der Waals surface area contributed by atoms with E-state index < -0.39 is 5.97 Å². The summed E-state index contributed by atoms with van der Waals surface area (Å²) in [5, 5.41) is 16.2. The predicted molar refractivity (Wildman–Crippen MR) is 69.9 cm³/mol. The number of hydrogen-bond donors (Lipinski definition) is 2. The van der Waals surface area contributed by atoms with Crippen molar-refractivity contribution in [1.82, 2.24) is 19.9 Å². The van der Waals surface area contributed by atoms with E-state index in [0.29, 0.717) is 5.92 Å². The summed E-state index contributed by atoms with van der Waals surface area (Å²) in [5.74, 6) is -0.768. The highest BCUT2D eigenvalue weighted by molar-refractivity contribution is 5.86. The number of amides is 1. The van der Waals surface area contributed by atoms with Crippen molar-refractivity contribution in [3.05, 3.63) is 11.4 Å². The largest absolute Gasteiger partial charge is 0.476 e. The summed E-state index contributed by atoms with van der Waals surface area (Å²) in [6.07, 6.45) is 2.12. The quantitative estimate of drug-likeness (QED) is 0.782. The zero-order chi connectivity index (χ0) is 14.7. The summed E-state index contributed by atoms with van der Waals surface area (Å²) < 4.78 is 1.28. The molecular formula is C12H19N5O3. The monoisotopic (exact) mass is 281 g/mol. The lowest BCUT2D eigenvalue weighted by Gasteiger charge is -2.31. The Morgan fingerprint density at radius 2 is 2.25 bits per heavy atom. The van der Waals surface area contributed by atoms with Crippen molar-refractivity contribution >= 4 is 11.9 Å². The highest BCUT2D eigenvalue weighted by Gasteiger charge is 2.24. The number of likely N-dealkylation sites (tertiary alicyclic amines) is 1. The van der Waals surface area contributed by atoms with Gasteiger partial charge in [0.1, 0.15) is 6.54 Å². The first kappa shape index (κ1) is 14.4. The van der Waals surface area contributed by atoms with Gasteiger partial charge in [-0.05, 0) is 18.8 Å². The molecule has 1 aliphatic heterocycles. The van der Waals surface area contributed by atoms with Crippen LogP contribution >= 0.6 is 0 Å². The molecule has 0 radical (unpaired) electrons. The van der Waals surface area contributed by atoms with Crippen LogP contribution in [0.2, 0.25) is 0 Å². The Hall–Kier alpha value is -1.96. The molecule has 1 amide bonds. The molecule has 1 unspecified atom stereocenters. The van der Waals surface area contributed by atoms with Crippen molar-refractivity contribution in [2.75, 3.05) is 13.1 Å². The zero-order valence-corrected chi connectivity index (χ0v) is 11.4. The minimum Gasteiger partial charge on any atom is -0.476 e. The van der Waals surface area contributed by atoms with Crippen LogP contribution in [0.3, 0.4) is 0 Å². The Kier molecular flexibility index (Phi) is 4.33. The van der Waals surface area contributed by atoms with E-state index in [9.17, 15) is 9.59 Å². The van der Waals surface area contributed by atoms with Crippen LogP contribution < -0.4 is 5.73 Å². The average molecular weight is 281 g/mol. The number of nitrogens with zero attached hydrogens (tertiary/aromatic N) is 4. The van der Waals surface area contributed by atoms with E-state index in [1.54, 1.807) is 4.90 Å². The van der Waals surface area contributed by atoms with E-state index in [2.05, 4.69) is 17.2 Å². The first-order valence-corrected chi connectivity index (χ1v) is 6.66. The summed E-state index contributed by atoms with van der Waals surface area (Å²) in [6.45, 7) is 3.56. The van der Waals surface area contributed by atoms with E-state index in [0.717, 1.165) is 25.9 Å². The number of carboxylic acids is 1. The lowest BCUT2D eigenvalue weighted by Crippen LogP contribution is -2.41. The maximum Gasteiger partial charge on any atom is 0.358 e. The Morgan fingerprint density at radius 3 is 2.85 bits per heavy atom. The Labute approximate surface area is 116 Å². The first-order chi connectivity index (χ1) is 9.52. The van der Waals surface area contributed by atoms with Gasteiger partial charge >= 0.3 is 5.97 Å². The van der Waals surface area contributed by atoms with Crippen LogP contribution in [0.15, 0.2) is 0 Å². The molecule has 0 spiro atoms. The highest BCUT2D eigenvalue weighted by atomic mass is 16.4. The SMILES string of the molecule is CC1CCCN(C(=O)Cn2nnc(C(=O)O)c2CN)C1. The fraction of sp³-hybridized carbons (Fsp3) is 0.667. The van der Waals surface area contributed by atoms with E-state index in [1.165, 1.54) is 4.68 Å². The molecular weight excluding hydrogens is 262 g/mol. The number of hydrogen-bond acceptors (Lipinski definition) is 5. The molecule has 2 rings (SSSR count). The third kappa shape index (κ3) is 2.96. The number of piperidine rings is 1. The molecule has 1 fully saturated rings. The number of carboxylic acid groups (broad SMARTS) is 1. The lowest BCUT2D eigenvalue weighted by molar-refractivity contribution is -0.133. The minimum absolute atomic E-state index is 0.0144. The second-order valence-electron chi connectivity index (χ2n) is 5.14. The van der Waals surface area contributed by atoms with Crippen molar-refractivity contribution in [2.24, 2.45) is 11.7 Å². The standard InChI is InChI=1S/C12H19N5O3/c1-8-3-2-4-16(6-8)10(18)7-17-9(5-13)11(12(19)20)14-15-17/h8H,2-7,13H2,1H3,(H,19,20). The minimum atomic E-state index is -1.18. The van der Waals surface area contributed by atoms with Crippen LogP contribution in [0.25, 0.3) is 0 Å². The van der Waals surface area contributed by atoms with Gasteiger partial charge in [-0.2, -0.15) is 0 Å². The Bertz CT molecular complexity index is 513. The van der Waals surface area contributed by atoms with Crippen molar-refractivity contribution in [3.8, 4) is 0 Å². The third-order valence-corrected chi connectivity index (χ3v) is 3.53. The van der Waals surface area contributed by atoms with Gasteiger partial charge in [-0.15, -0.1) is 5.10 Å². The Morgan fingerprint density at radius 1 is 1.50 bits per heavy atom. The number of carbonyl (C=O) groups is 2. The van der Waals surface area contributed by atoms with Gasteiger partial charge in [0.15, 0.2) is 5.69 Å². The lowest BCUT2D eigenvalue weighted by atomic mass is 10.0. The molecule has 1 aromatic rings. The van der Waals surface area contributed by atoms with Crippen molar-refractivity contribution < 1.29 is 14.7 Å². The number of aromatic carboxylic acids is 1. The molecule has 0 aliphatic carbocycles. The van der Waals surface area contributed by atoms with E-state index >= 15 is 0 Å². The molecule has 8 heteroatoms. The van der Waals surface area contributed by atoms with Crippen molar-refractivity contribution in [3.63, 3.8) is 0 Å². The second-order valence-corrected chi connectivity index (χ2v) is 5.14. The molecule has 20 heavy (non-hydrogen) atoms. The summed E-state index contributed by atoms with van der Waals surface area (Å²) in [6, 6.07) is 0. The van der Waals surface area contributed by atoms with Gasteiger partial charge in [0.05, 0.1) is 5.69 Å². The molecule has 0 bridgehead atoms. The molecule has 1 saturated heterocycles. The molecule has 0 saturated carbocycles. The normalized spacial score (nSPS) is 19.1. The average Bonchev–Trinajstić information content (AvgIpc) is 2.81.